The molecule has 1 aliphatic heterocycles. The average molecular weight is 461 g/mol. The van der Waals surface area contributed by atoms with E-state index in [9.17, 15) is 19.6 Å². The molecule has 1 heterocycles. The van der Waals surface area contributed by atoms with Gasteiger partial charge in [0.25, 0.3) is 0 Å². The molecule has 0 bridgehead atoms. The summed E-state index contributed by atoms with van der Waals surface area (Å²) < 4.78 is 0. The van der Waals surface area contributed by atoms with Crippen molar-refractivity contribution in [1.82, 2.24) is 10.4 Å². The maximum absolute atomic E-state index is 13.1. The number of piperidine rings is 1. The summed E-state index contributed by atoms with van der Waals surface area (Å²) in [5.74, 6) is -1.26. The van der Waals surface area contributed by atoms with Crippen molar-refractivity contribution in [2.24, 2.45) is 11.8 Å². The minimum absolute atomic E-state index is 0.0790. The van der Waals surface area contributed by atoms with Crippen molar-refractivity contribution in [2.75, 3.05) is 29.9 Å². The molecule has 2 rings (SSSR count). The first-order valence-electron chi connectivity index (χ1n) is 12.3. The molecule has 1 unspecified atom stereocenters. The summed E-state index contributed by atoms with van der Waals surface area (Å²) >= 11 is 0. The smallest absolute Gasteiger partial charge is 0.247 e. The molecule has 0 spiro atoms. The van der Waals surface area contributed by atoms with Gasteiger partial charge in [0.2, 0.25) is 18.2 Å². The van der Waals surface area contributed by atoms with Crippen LogP contribution in [0.15, 0.2) is 24.3 Å². The highest BCUT2D eigenvalue weighted by Gasteiger charge is 2.29. The van der Waals surface area contributed by atoms with Gasteiger partial charge in [0, 0.05) is 24.5 Å². The van der Waals surface area contributed by atoms with Crippen LogP contribution in [-0.4, -0.2) is 54.2 Å². The highest BCUT2D eigenvalue weighted by Crippen LogP contribution is 2.22. The molecule has 0 radical (unpaired) electrons. The van der Waals surface area contributed by atoms with Crippen LogP contribution in [0.1, 0.15) is 65.7 Å². The maximum atomic E-state index is 13.1. The van der Waals surface area contributed by atoms with E-state index >= 15 is 0 Å². The Morgan fingerprint density at radius 3 is 2.36 bits per heavy atom. The lowest BCUT2D eigenvalue weighted by atomic mass is 9.95. The third-order valence-corrected chi connectivity index (χ3v) is 6.46. The quantitative estimate of drug-likeness (QED) is 0.236. The first-order valence-corrected chi connectivity index (χ1v) is 12.3. The highest BCUT2D eigenvalue weighted by molar-refractivity contribution is 5.97. The SMILES string of the molecule is CCCC[C@H](CN(O)C=O)C(=O)N[C@H](C(=O)Nc1ccc(N2CCCCC2)cc1)C(C)CC. The Hall–Kier alpha value is -2.61. The van der Waals surface area contributed by atoms with E-state index in [1.165, 1.54) is 19.3 Å². The van der Waals surface area contributed by atoms with E-state index in [2.05, 4.69) is 15.5 Å². The molecule has 1 aromatic carbocycles. The number of hydrogen-bond acceptors (Lipinski definition) is 5. The lowest BCUT2D eigenvalue weighted by molar-refractivity contribution is -0.155. The molecule has 33 heavy (non-hydrogen) atoms. The minimum Gasteiger partial charge on any atom is -0.372 e. The van der Waals surface area contributed by atoms with Gasteiger partial charge in [-0.15, -0.1) is 0 Å². The normalized spacial score (nSPS) is 16.4. The summed E-state index contributed by atoms with van der Waals surface area (Å²) in [6.07, 6.45) is 6.89. The van der Waals surface area contributed by atoms with Gasteiger partial charge >= 0.3 is 0 Å². The fourth-order valence-corrected chi connectivity index (χ4v) is 4.13. The predicted molar refractivity (Wildman–Crippen MR) is 130 cm³/mol. The van der Waals surface area contributed by atoms with Gasteiger partial charge in [-0.05, 0) is 55.9 Å². The average Bonchev–Trinajstić information content (AvgIpc) is 2.85. The molecule has 8 nitrogen and oxygen atoms in total. The minimum atomic E-state index is -0.711. The Kier molecular flexibility index (Phi) is 11.2. The number of hydrogen-bond donors (Lipinski definition) is 3. The zero-order chi connectivity index (χ0) is 24.2. The molecular weight excluding hydrogens is 420 g/mol. The van der Waals surface area contributed by atoms with Crippen molar-refractivity contribution >= 4 is 29.6 Å². The molecule has 0 aliphatic carbocycles. The number of nitrogens with zero attached hydrogens (tertiary/aromatic N) is 2. The fourth-order valence-electron chi connectivity index (χ4n) is 4.13. The maximum Gasteiger partial charge on any atom is 0.247 e. The molecule has 1 fully saturated rings. The number of rotatable bonds is 13. The first-order chi connectivity index (χ1) is 15.9. The predicted octanol–water partition coefficient (Wildman–Crippen LogP) is 3.80. The van der Waals surface area contributed by atoms with Gasteiger partial charge in [0.1, 0.15) is 6.04 Å². The molecule has 1 saturated heterocycles. The number of benzene rings is 1. The lowest BCUT2D eigenvalue weighted by Crippen LogP contribution is -2.50. The molecule has 0 saturated carbocycles. The van der Waals surface area contributed by atoms with Crippen LogP contribution in [0, 0.1) is 11.8 Å². The van der Waals surface area contributed by atoms with E-state index < -0.39 is 12.0 Å². The molecule has 1 aromatic rings. The van der Waals surface area contributed by atoms with Crippen LogP contribution in [0.3, 0.4) is 0 Å². The number of carbonyl (C=O) groups is 3. The second kappa shape index (κ2) is 13.8. The van der Waals surface area contributed by atoms with Gasteiger partial charge in [-0.3, -0.25) is 19.6 Å². The topological polar surface area (TPSA) is 102 Å². The lowest BCUT2D eigenvalue weighted by Gasteiger charge is -2.29. The number of carbonyl (C=O) groups excluding carboxylic acids is 3. The van der Waals surface area contributed by atoms with E-state index in [0.29, 0.717) is 30.0 Å². The Morgan fingerprint density at radius 2 is 1.79 bits per heavy atom. The van der Waals surface area contributed by atoms with E-state index in [-0.39, 0.29) is 24.3 Å². The first kappa shape index (κ1) is 26.6. The third-order valence-electron chi connectivity index (χ3n) is 6.46. The summed E-state index contributed by atoms with van der Waals surface area (Å²) in [4.78, 5) is 39.2. The van der Waals surface area contributed by atoms with Crippen molar-refractivity contribution in [1.29, 1.82) is 0 Å². The highest BCUT2D eigenvalue weighted by atomic mass is 16.5. The summed E-state index contributed by atoms with van der Waals surface area (Å²) in [5.41, 5.74) is 1.84. The Morgan fingerprint density at radius 1 is 1.12 bits per heavy atom. The molecule has 3 N–H and O–H groups in total. The Balaban J connectivity index is 2.05. The third kappa shape index (κ3) is 8.35. The van der Waals surface area contributed by atoms with Gasteiger partial charge in [-0.2, -0.15) is 0 Å². The molecule has 3 amide bonds. The monoisotopic (exact) mass is 460 g/mol. The van der Waals surface area contributed by atoms with Crippen LogP contribution in [-0.2, 0) is 14.4 Å². The van der Waals surface area contributed by atoms with Gasteiger partial charge in [-0.25, -0.2) is 5.06 Å². The van der Waals surface area contributed by atoms with Crippen LogP contribution in [0.2, 0.25) is 0 Å². The van der Waals surface area contributed by atoms with Crippen molar-refractivity contribution in [3.63, 3.8) is 0 Å². The van der Waals surface area contributed by atoms with E-state index in [1.807, 2.05) is 45.0 Å². The molecule has 3 atom stereocenters. The molecular formula is C25H40N4O4. The van der Waals surface area contributed by atoms with Crippen LogP contribution < -0.4 is 15.5 Å². The zero-order valence-electron chi connectivity index (χ0n) is 20.3. The van der Waals surface area contributed by atoms with Gasteiger partial charge in [0.15, 0.2) is 0 Å². The number of unbranched alkanes of at least 4 members (excludes halogenated alkanes) is 1. The van der Waals surface area contributed by atoms with E-state index in [4.69, 9.17) is 0 Å². The Labute approximate surface area is 197 Å². The summed E-state index contributed by atoms with van der Waals surface area (Å²) in [6, 6.07) is 7.13. The number of hydroxylamine groups is 2. The zero-order valence-corrected chi connectivity index (χ0v) is 20.3. The number of anilines is 2. The number of amides is 3. The molecule has 0 aromatic heterocycles. The second-order valence-corrected chi connectivity index (χ2v) is 9.02. The van der Waals surface area contributed by atoms with Gasteiger partial charge in [-0.1, -0.05) is 40.0 Å². The van der Waals surface area contributed by atoms with E-state index in [0.717, 1.165) is 31.6 Å². The van der Waals surface area contributed by atoms with Gasteiger partial charge in [0.05, 0.1) is 12.5 Å². The van der Waals surface area contributed by atoms with E-state index in [1.54, 1.807) is 0 Å². The molecule has 8 heteroatoms. The number of nitrogens with one attached hydrogen (secondary N) is 2. The van der Waals surface area contributed by atoms with Crippen molar-refractivity contribution in [3.8, 4) is 0 Å². The Bertz CT molecular complexity index is 749. The van der Waals surface area contributed by atoms with Crippen LogP contribution in [0.4, 0.5) is 11.4 Å². The standard InChI is InChI=1S/C25H40N4O4/c1-4-6-10-20(17-29(33)18-30)24(31)27-23(19(3)5-2)25(32)26-21-11-13-22(14-12-21)28-15-8-7-9-16-28/h11-14,18-20,23,33H,4-10,15-17H2,1-3H3,(H,26,32)(H,27,31)/t19?,20-,23+/m1/s1. The van der Waals surface area contributed by atoms with Crippen molar-refractivity contribution < 1.29 is 19.6 Å². The molecule has 184 valence electrons. The summed E-state index contributed by atoms with van der Waals surface area (Å²) in [5, 5.41) is 15.9. The fraction of sp³-hybridized carbons (Fsp3) is 0.640. The summed E-state index contributed by atoms with van der Waals surface area (Å²) in [7, 11) is 0. The largest absolute Gasteiger partial charge is 0.372 e. The van der Waals surface area contributed by atoms with Crippen LogP contribution >= 0.6 is 0 Å². The van der Waals surface area contributed by atoms with Crippen molar-refractivity contribution in [3.05, 3.63) is 24.3 Å². The van der Waals surface area contributed by atoms with Gasteiger partial charge < -0.3 is 15.5 Å². The van der Waals surface area contributed by atoms with Crippen molar-refractivity contribution in [2.45, 2.75) is 71.8 Å². The summed E-state index contributed by atoms with van der Waals surface area (Å²) in [6.45, 7) is 7.93. The van der Waals surface area contributed by atoms with Crippen LogP contribution in [0.5, 0.6) is 0 Å². The molecule has 1 aliphatic rings. The van der Waals surface area contributed by atoms with Crippen LogP contribution in [0.25, 0.3) is 0 Å². The second-order valence-electron chi connectivity index (χ2n) is 9.02.